The quantitative estimate of drug-likeness (QED) is 0.839. The number of hydrogen-bond acceptors (Lipinski definition) is 4. The minimum atomic E-state index is -0.0314. The SMILES string of the molecule is CC1(N)CCN(Cc2ccc3c(c2)OCO3)C1. The minimum Gasteiger partial charge on any atom is -0.454 e. The molecular formula is C13H18N2O2. The third-order valence-electron chi connectivity index (χ3n) is 3.43. The van der Waals surface area contributed by atoms with Gasteiger partial charge < -0.3 is 15.2 Å². The van der Waals surface area contributed by atoms with Gasteiger partial charge in [-0.05, 0) is 31.0 Å². The van der Waals surface area contributed by atoms with Gasteiger partial charge in [-0.2, -0.15) is 0 Å². The second-order valence-electron chi connectivity index (χ2n) is 5.30. The number of hydrogen-bond donors (Lipinski definition) is 1. The number of ether oxygens (including phenoxy) is 2. The first-order chi connectivity index (χ1) is 8.12. The summed E-state index contributed by atoms with van der Waals surface area (Å²) in [7, 11) is 0. The first kappa shape index (κ1) is 10.9. The molecule has 0 radical (unpaired) electrons. The first-order valence-corrected chi connectivity index (χ1v) is 6.02. The van der Waals surface area contributed by atoms with Crippen molar-refractivity contribution >= 4 is 0 Å². The maximum absolute atomic E-state index is 6.13. The molecule has 4 heteroatoms. The van der Waals surface area contributed by atoms with E-state index in [0.717, 1.165) is 37.6 Å². The van der Waals surface area contributed by atoms with Crippen molar-refractivity contribution in [2.24, 2.45) is 5.73 Å². The standard InChI is InChI=1S/C13H18N2O2/c1-13(14)4-5-15(8-13)7-10-2-3-11-12(6-10)17-9-16-11/h2-3,6H,4-5,7-9,14H2,1H3. The van der Waals surface area contributed by atoms with Crippen LogP contribution < -0.4 is 15.2 Å². The van der Waals surface area contributed by atoms with Gasteiger partial charge in [-0.1, -0.05) is 6.07 Å². The summed E-state index contributed by atoms with van der Waals surface area (Å²) in [5, 5.41) is 0. The Kier molecular flexibility index (Phi) is 2.49. The number of benzene rings is 1. The zero-order valence-corrected chi connectivity index (χ0v) is 10.1. The molecule has 2 heterocycles. The van der Waals surface area contributed by atoms with E-state index in [1.807, 2.05) is 6.07 Å². The van der Waals surface area contributed by atoms with Crippen LogP contribution in [0.15, 0.2) is 18.2 Å². The lowest BCUT2D eigenvalue weighted by Gasteiger charge is -2.19. The highest BCUT2D eigenvalue weighted by molar-refractivity contribution is 5.44. The van der Waals surface area contributed by atoms with Gasteiger partial charge >= 0.3 is 0 Å². The van der Waals surface area contributed by atoms with Crippen molar-refractivity contribution in [2.75, 3.05) is 19.9 Å². The summed E-state index contributed by atoms with van der Waals surface area (Å²) in [5.41, 5.74) is 7.35. The van der Waals surface area contributed by atoms with Crippen LogP contribution in [0, 0.1) is 0 Å². The molecule has 2 aliphatic heterocycles. The molecule has 1 aromatic carbocycles. The zero-order chi connectivity index (χ0) is 11.9. The predicted molar refractivity (Wildman–Crippen MR) is 65.1 cm³/mol. The van der Waals surface area contributed by atoms with Gasteiger partial charge in [-0.25, -0.2) is 0 Å². The normalized spacial score (nSPS) is 27.6. The summed E-state index contributed by atoms with van der Waals surface area (Å²) in [6.07, 6.45) is 1.07. The summed E-state index contributed by atoms with van der Waals surface area (Å²) in [5.74, 6) is 1.70. The molecule has 3 rings (SSSR count). The van der Waals surface area contributed by atoms with Crippen LogP contribution in [0.2, 0.25) is 0 Å². The zero-order valence-electron chi connectivity index (χ0n) is 10.1. The Bertz CT molecular complexity index is 431. The Hall–Kier alpha value is -1.26. The molecular weight excluding hydrogens is 216 g/mol. The van der Waals surface area contributed by atoms with Crippen molar-refractivity contribution in [1.82, 2.24) is 4.90 Å². The molecule has 2 N–H and O–H groups in total. The van der Waals surface area contributed by atoms with Crippen LogP contribution >= 0.6 is 0 Å². The highest BCUT2D eigenvalue weighted by Crippen LogP contribution is 2.33. The topological polar surface area (TPSA) is 47.7 Å². The summed E-state index contributed by atoms with van der Waals surface area (Å²) in [6, 6.07) is 6.14. The monoisotopic (exact) mass is 234 g/mol. The number of rotatable bonds is 2. The van der Waals surface area contributed by atoms with Crippen molar-refractivity contribution in [3.63, 3.8) is 0 Å². The average Bonchev–Trinajstić information content (AvgIpc) is 2.84. The Balaban J connectivity index is 1.70. The van der Waals surface area contributed by atoms with Crippen LogP contribution in [-0.2, 0) is 6.54 Å². The smallest absolute Gasteiger partial charge is 0.231 e. The molecule has 0 aliphatic carbocycles. The summed E-state index contributed by atoms with van der Waals surface area (Å²) in [4.78, 5) is 2.39. The van der Waals surface area contributed by atoms with E-state index in [-0.39, 0.29) is 5.54 Å². The first-order valence-electron chi connectivity index (χ1n) is 6.02. The van der Waals surface area contributed by atoms with Crippen molar-refractivity contribution in [2.45, 2.75) is 25.4 Å². The van der Waals surface area contributed by atoms with Crippen molar-refractivity contribution in [1.29, 1.82) is 0 Å². The molecule has 0 aromatic heterocycles. The van der Waals surface area contributed by atoms with E-state index in [1.54, 1.807) is 0 Å². The van der Waals surface area contributed by atoms with Crippen LogP contribution in [0.4, 0.5) is 0 Å². The van der Waals surface area contributed by atoms with E-state index in [2.05, 4.69) is 24.0 Å². The second-order valence-corrected chi connectivity index (χ2v) is 5.30. The van der Waals surface area contributed by atoms with Gasteiger partial charge in [0.2, 0.25) is 6.79 Å². The van der Waals surface area contributed by atoms with E-state index in [4.69, 9.17) is 15.2 Å². The van der Waals surface area contributed by atoms with Crippen molar-refractivity contribution in [3.8, 4) is 11.5 Å². The van der Waals surface area contributed by atoms with Gasteiger partial charge in [0.25, 0.3) is 0 Å². The van der Waals surface area contributed by atoms with Gasteiger partial charge in [0.05, 0.1) is 0 Å². The lowest BCUT2D eigenvalue weighted by molar-refractivity contribution is 0.174. The van der Waals surface area contributed by atoms with Crippen LogP contribution in [0.25, 0.3) is 0 Å². The van der Waals surface area contributed by atoms with Crippen LogP contribution in [0.5, 0.6) is 11.5 Å². The van der Waals surface area contributed by atoms with E-state index in [9.17, 15) is 0 Å². The lowest BCUT2D eigenvalue weighted by atomic mass is 10.0. The molecule has 1 saturated heterocycles. The Morgan fingerprint density at radius 3 is 2.94 bits per heavy atom. The fourth-order valence-electron chi connectivity index (χ4n) is 2.51. The van der Waals surface area contributed by atoms with Gasteiger partial charge in [-0.15, -0.1) is 0 Å². The Labute approximate surface area is 101 Å². The van der Waals surface area contributed by atoms with Crippen LogP contribution in [-0.4, -0.2) is 30.3 Å². The van der Waals surface area contributed by atoms with Gasteiger partial charge in [0, 0.05) is 25.2 Å². The molecule has 1 aromatic rings. The van der Waals surface area contributed by atoms with E-state index in [1.165, 1.54) is 5.56 Å². The highest BCUT2D eigenvalue weighted by atomic mass is 16.7. The highest BCUT2D eigenvalue weighted by Gasteiger charge is 2.29. The van der Waals surface area contributed by atoms with Crippen molar-refractivity contribution in [3.05, 3.63) is 23.8 Å². The molecule has 0 saturated carbocycles. The molecule has 92 valence electrons. The molecule has 1 unspecified atom stereocenters. The fraction of sp³-hybridized carbons (Fsp3) is 0.538. The molecule has 0 bridgehead atoms. The molecule has 0 spiro atoms. The third-order valence-corrected chi connectivity index (χ3v) is 3.43. The second kappa shape index (κ2) is 3.89. The number of likely N-dealkylation sites (tertiary alicyclic amines) is 1. The van der Waals surface area contributed by atoms with Gasteiger partial charge in [-0.3, -0.25) is 4.90 Å². The number of nitrogens with two attached hydrogens (primary N) is 1. The fourth-order valence-corrected chi connectivity index (χ4v) is 2.51. The maximum Gasteiger partial charge on any atom is 0.231 e. The summed E-state index contributed by atoms with van der Waals surface area (Å²) < 4.78 is 10.7. The van der Waals surface area contributed by atoms with Crippen molar-refractivity contribution < 1.29 is 9.47 Å². The van der Waals surface area contributed by atoms with Crippen LogP contribution in [0.3, 0.4) is 0 Å². The molecule has 4 nitrogen and oxygen atoms in total. The van der Waals surface area contributed by atoms with E-state index < -0.39 is 0 Å². The van der Waals surface area contributed by atoms with E-state index in [0.29, 0.717) is 6.79 Å². The number of fused-ring (bicyclic) bond motifs is 1. The third kappa shape index (κ3) is 2.23. The lowest BCUT2D eigenvalue weighted by Crippen LogP contribution is -2.38. The maximum atomic E-state index is 6.13. The van der Waals surface area contributed by atoms with E-state index >= 15 is 0 Å². The molecule has 2 aliphatic rings. The van der Waals surface area contributed by atoms with Gasteiger partial charge in [0.15, 0.2) is 11.5 Å². The molecule has 17 heavy (non-hydrogen) atoms. The van der Waals surface area contributed by atoms with Gasteiger partial charge in [0.1, 0.15) is 0 Å². The molecule has 1 atom stereocenters. The molecule has 0 amide bonds. The largest absolute Gasteiger partial charge is 0.454 e. The Morgan fingerprint density at radius 1 is 1.35 bits per heavy atom. The predicted octanol–water partition coefficient (Wildman–Crippen LogP) is 1.34. The van der Waals surface area contributed by atoms with Crippen LogP contribution in [0.1, 0.15) is 18.9 Å². The average molecular weight is 234 g/mol. The molecule has 1 fully saturated rings. The minimum absolute atomic E-state index is 0.0314. The number of nitrogens with zero attached hydrogens (tertiary/aromatic N) is 1. The Morgan fingerprint density at radius 2 is 2.18 bits per heavy atom. The summed E-state index contributed by atoms with van der Waals surface area (Å²) in [6.45, 7) is 5.42. The summed E-state index contributed by atoms with van der Waals surface area (Å²) >= 11 is 0.